The summed E-state index contributed by atoms with van der Waals surface area (Å²) in [4.78, 5) is 22.6. The quantitative estimate of drug-likeness (QED) is 0.313. The molecule has 10 nitrogen and oxygen atoms in total. The minimum absolute atomic E-state index is 0.0359. The first-order chi connectivity index (χ1) is 18.0. The van der Waals surface area contributed by atoms with Gasteiger partial charge in [-0.1, -0.05) is 0 Å². The Balaban J connectivity index is 1.38. The number of aromatic nitrogens is 5. The van der Waals surface area contributed by atoms with Crippen molar-refractivity contribution >= 4 is 28.3 Å². The van der Waals surface area contributed by atoms with Crippen LogP contribution in [0.1, 0.15) is 28.0 Å². The molecule has 1 aliphatic heterocycles. The Morgan fingerprint density at radius 2 is 2.03 bits per heavy atom. The minimum Gasteiger partial charge on any atom is -0.395 e. The van der Waals surface area contributed by atoms with E-state index in [1.54, 1.807) is 29.9 Å². The number of halogens is 3. The molecule has 5 rings (SSSR count). The molecule has 0 bridgehead atoms. The van der Waals surface area contributed by atoms with E-state index in [1.807, 2.05) is 18.0 Å². The SMILES string of the molecule is Cc1nn(-c2ccnc(Nc3ccc4c(c3)c(C(=O)C(F)(F)F)cn4C)n2)cc1CN1CC(O)CC1CO. The number of hydrogen-bond acceptors (Lipinski definition) is 8. The Bertz CT molecular complexity index is 1500. The van der Waals surface area contributed by atoms with Gasteiger partial charge in [-0.2, -0.15) is 23.3 Å². The number of likely N-dealkylation sites (tertiary alicyclic amines) is 1. The molecule has 3 aromatic heterocycles. The topological polar surface area (TPSA) is 121 Å². The van der Waals surface area contributed by atoms with E-state index < -0.39 is 23.6 Å². The van der Waals surface area contributed by atoms with E-state index in [2.05, 4.69) is 20.4 Å². The molecule has 38 heavy (non-hydrogen) atoms. The highest BCUT2D eigenvalue weighted by Gasteiger charge is 2.40. The van der Waals surface area contributed by atoms with E-state index in [-0.39, 0.29) is 24.0 Å². The Morgan fingerprint density at radius 3 is 2.76 bits per heavy atom. The number of alkyl halides is 3. The third-order valence-electron chi connectivity index (χ3n) is 6.71. The van der Waals surface area contributed by atoms with E-state index in [9.17, 15) is 28.2 Å². The van der Waals surface area contributed by atoms with Gasteiger partial charge in [0.2, 0.25) is 5.95 Å². The van der Waals surface area contributed by atoms with Crippen molar-refractivity contribution in [3.05, 3.63) is 59.7 Å². The maximum Gasteiger partial charge on any atom is 0.454 e. The Labute approximate surface area is 215 Å². The number of hydrogen-bond donors (Lipinski definition) is 3. The molecule has 3 N–H and O–H groups in total. The molecule has 0 aliphatic carbocycles. The number of carbonyl (C=O) groups excluding carboxylic acids is 1. The maximum atomic E-state index is 13.1. The second-order valence-electron chi connectivity index (χ2n) is 9.42. The van der Waals surface area contributed by atoms with Gasteiger partial charge in [0.25, 0.3) is 5.78 Å². The van der Waals surface area contributed by atoms with Crippen molar-refractivity contribution in [2.45, 2.75) is 38.2 Å². The summed E-state index contributed by atoms with van der Waals surface area (Å²) in [5, 5.41) is 27.3. The van der Waals surface area contributed by atoms with Crippen LogP contribution >= 0.6 is 0 Å². The van der Waals surface area contributed by atoms with Gasteiger partial charge in [-0.05, 0) is 31.5 Å². The van der Waals surface area contributed by atoms with Crippen molar-refractivity contribution in [3.63, 3.8) is 0 Å². The molecule has 0 amide bonds. The molecule has 1 aromatic carbocycles. The number of aliphatic hydroxyl groups is 2. The molecule has 1 saturated heterocycles. The fourth-order valence-electron chi connectivity index (χ4n) is 4.80. The van der Waals surface area contributed by atoms with Gasteiger partial charge in [-0.3, -0.25) is 9.69 Å². The van der Waals surface area contributed by atoms with E-state index in [4.69, 9.17) is 0 Å². The number of nitrogens with zero attached hydrogens (tertiary/aromatic N) is 6. The van der Waals surface area contributed by atoms with Crippen LogP contribution in [0.15, 0.2) is 42.9 Å². The number of β-amino-alcohol motifs (C(OH)–C–C–N with tert-alkyl or cyclic N) is 1. The third-order valence-corrected chi connectivity index (χ3v) is 6.71. The molecule has 200 valence electrons. The predicted molar refractivity (Wildman–Crippen MR) is 132 cm³/mol. The average molecular weight is 530 g/mol. The lowest BCUT2D eigenvalue weighted by atomic mass is 10.1. The summed E-state index contributed by atoms with van der Waals surface area (Å²) in [6.45, 7) is 2.81. The smallest absolute Gasteiger partial charge is 0.395 e. The molecule has 4 heterocycles. The molecular weight excluding hydrogens is 503 g/mol. The van der Waals surface area contributed by atoms with Crippen LogP contribution in [0.25, 0.3) is 16.7 Å². The number of aliphatic hydroxyl groups excluding tert-OH is 2. The van der Waals surface area contributed by atoms with Gasteiger partial charge < -0.3 is 20.1 Å². The van der Waals surface area contributed by atoms with Crippen molar-refractivity contribution in [2.75, 3.05) is 18.5 Å². The van der Waals surface area contributed by atoms with Gasteiger partial charge in [-0.15, -0.1) is 0 Å². The summed E-state index contributed by atoms with van der Waals surface area (Å²) >= 11 is 0. The molecule has 0 spiro atoms. The molecule has 2 unspecified atom stereocenters. The molecular formula is C25H26F3N7O3. The standard InChI is InChI=1S/C25H26F3N7O3/c1-14-15(9-34-11-18(37)8-17(34)13-36)10-35(32-14)22-5-6-29-24(31-22)30-16-3-4-21-19(7-16)20(12-33(21)2)23(38)25(26,27)28/h3-7,10,12,17-18,36-37H,8-9,11,13H2,1-2H3,(H,29,30,31). The highest BCUT2D eigenvalue weighted by Crippen LogP contribution is 2.30. The zero-order valence-corrected chi connectivity index (χ0v) is 20.6. The van der Waals surface area contributed by atoms with E-state index >= 15 is 0 Å². The number of aryl methyl sites for hydroxylation is 2. The molecule has 4 aromatic rings. The van der Waals surface area contributed by atoms with Crippen LogP contribution in [0, 0.1) is 6.92 Å². The van der Waals surface area contributed by atoms with Crippen molar-refractivity contribution < 1.29 is 28.2 Å². The summed E-state index contributed by atoms with van der Waals surface area (Å²) < 4.78 is 42.4. The van der Waals surface area contributed by atoms with Gasteiger partial charge in [-0.25, -0.2) is 9.67 Å². The lowest BCUT2D eigenvalue weighted by Gasteiger charge is -2.21. The number of fused-ring (bicyclic) bond motifs is 1. The van der Waals surface area contributed by atoms with Crippen LogP contribution in [0.5, 0.6) is 0 Å². The minimum atomic E-state index is -4.98. The third kappa shape index (κ3) is 4.99. The number of anilines is 2. The van der Waals surface area contributed by atoms with Crippen molar-refractivity contribution in [1.82, 2.24) is 29.2 Å². The molecule has 0 radical (unpaired) electrons. The van der Waals surface area contributed by atoms with Crippen LogP contribution in [0.4, 0.5) is 24.8 Å². The van der Waals surface area contributed by atoms with Crippen molar-refractivity contribution in [3.8, 4) is 5.82 Å². The first-order valence-electron chi connectivity index (χ1n) is 11.9. The maximum absolute atomic E-state index is 13.1. The largest absolute Gasteiger partial charge is 0.454 e. The normalized spacial score (nSPS) is 18.4. The second-order valence-corrected chi connectivity index (χ2v) is 9.42. The molecule has 1 fully saturated rings. The lowest BCUT2D eigenvalue weighted by Crippen LogP contribution is -2.32. The number of carbonyl (C=O) groups is 1. The fraction of sp³-hybridized carbons (Fsp3) is 0.360. The molecule has 1 aliphatic rings. The number of Topliss-reactive ketones (excluding diaryl/α,β-unsaturated/α-hetero) is 1. The van der Waals surface area contributed by atoms with Gasteiger partial charge in [0.05, 0.1) is 24.0 Å². The fourth-order valence-corrected chi connectivity index (χ4v) is 4.80. The Hall–Kier alpha value is -3.81. The highest BCUT2D eigenvalue weighted by molar-refractivity contribution is 6.11. The lowest BCUT2D eigenvalue weighted by molar-refractivity contribution is -0.0884. The Kier molecular flexibility index (Phi) is 6.67. The zero-order valence-electron chi connectivity index (χ0n) is 20.6. The second kappa shape index (κ2) is 9.82. The summed E-state index contributed by atoms with van der Waals surface area (Å²) in [6, 6.07) is 6.29. The van der Waals surface area contributed by atoms with E-state index in [0.29, 0.717) is 36.5 Å². The van der Waals surface area contributed by atoms with Gasteiger partial charge in [0.15, 0.2) is 5.82 Å². The van der Waals surface area contributed by atoms with Crippen LogP contribution < -0.4 is 5.32 Å². The summed E-state index contributed by atoms with van der Waals surface area (Å²) in [6.07, 6.45) is -0.416. The summed E-state index contributed by atoms with van der Waals surface area (Å²) in [7, 11) is 1.57. The monoisotopic (exact) mass is 529 g/mol. The number of ketones is 1. The Morgan fingerprint density at radius 1 is 1.24 bits per heavy atom. The average Bonchev–Trinajstić information content (AvgIpc) is 3.52. The van der Waals surface area contributed by atoms with E-state index in [0.717, 1.165) is 11.3 Å². The number of rotatable bonds is 7. The van der Waals surface area contributed by atoms with Crippen LogP contribution in [-0.4, -0.2) is 76.7 Å². The first-order valence-corrected chi connectivity index (χ1v) is 11.9. The molecule has 0 saturated carbocycles. The predicted octanol–water partition coefficient (Wildman–Crippen LogP) is 2.88. The first kappa shape index (κ1) is 25.8. The van der Waals surface area contributed by atoms with E-state index in [1.165, 1.54) is 23.0 Å². The van der Waals surface area contributed by atoms with Gasteiger partial charge >= 0.3 is 6.18 Å². The highest BCUT2D eigenvalue weighted by atomic mass is 19.4. The van der Waals surface area contributed by atoms with Crippen molar-refractivity contribution in [1.29, 1.82) is 0 Å². The van der Waals surface area contributed by atoms with Crippen LogP contribution in [0.3, 0.4) is 0 Å². The van der Waals surface area contributed by atoms with Gasteiger partial charge in [0.1, 0.15) is 0 Å². The van der Waals surface area contributed by atoms with Crippen LogP contribution in [0.2, 0.25) is 0 Å². The number of benzene rings is 1. The van der Waals surface area contributed by atoms with Gasteiger partial charge in [0, 0.05) is 73.0 Å². The summed E-state index contributed by atoms with van der Waals surface area (Å²) in [5.41, 5.74) is 2.15. The molecule has 2 atom stereocenters. The summed E-state index contributed by atoms with van der Waals surface area (Å²) in [5.74, 6) is -1.25. The zero-order chi connectivity index (χ0) is 27.2. The van der Waals surface area contributed by atoms with Crippen molar-refractivity contribution in [2.24, 2.45) is 7.05 Å². The van der Waals surface area contributed by atoms with Crippen LogP contribution in [-0.2, 0) is 13.6 Å². The number of nitrogens with one attached hydrogen (secondary N) is 1. The molecule has 13 heteroatoms.